The van der Waals surface area contributed by atoms with Crippen LogP contribution in [0, 0.1) is 5.92 Å². The molecule has 1 aliphatic carbocycles. The molecule has 106 valence electrons. The summed E-state index contributed by atoms with van der Waals surface area (Å²) in [6.07, 6.45) is 4.25. The topological polar surface area (TPSA) is 69.6 Å². The van der Waals surface area contributed by atoms with Crippen LogP contribution in [0.25, 0.3) is 0 Å². The average Bonchev–Trinajstić information content (AvgIpc) is 2.88. The van der Waals surface area contributed by atoms with Crippen LogP contribution in [0.5, 0.6) is 0 Å². The molecule has 1 aliphatic rings. The fraction of sp³-hybridized carbons (Fsp3) is 0.643. The Morgan fingerprint density at radius 2 is 2.21 bits per heavy atom. The summed E-state index contributed by atoms with van der Waals surface area (Å²) in [7, 11) is 0. The zero-order valence-corrected chi connectivity index (χ0v) is 12.0. The summed E-state index contributed by atoms with van der Waals surface area (Å²) in [5.41, 5.74) is 0.164. The summed E-state index contributed by atoms with van der Waals surface area (Å²) in [5, 5.41) is 23.6. The number of carbonyl (C=O) groups is 1. The lowest BCUT2D eigenvalue weighted by molar-refractivity contribution is 0.0697. The first-order valence-electron chi connectivity index (χ1n) is 6.71. The van der Waals surface area contributed by atoms with Crippen LogP contribution >= 0.6 is 11.3 Å². The van der Waals surface area contributed by atoms with E-state index in [1.165, 1.54) is 11.3 Å². The van der Waals surface area contributed by atoms with Crippen molar-refractivity contribution in [1.29, 1.82) is 0 Å². The van der Waals surface area contributed by atoms with Crippen molar-refractivity contribution in [3.63, 3.8) is 0 Å². The van der Waals surface area contributed by atoms with E-state index in [2.05, 4.69) is 12.2 Å². The van der Waals surface area contributed by atoms with Crippen LogP contribution in [-0.4, -0.2) is 28.3 Å². The minimum absolute atomic E-state index is 0.150. The molecule has 0 aromatic carbocycles. The molecule has 0 atom stereocenters. The molecular weight excluding hydrogens is 262 g/mol. The summed E-state index contributed by atoms with van der Waals surface area (Å²) in [6, 6.07) is 1.70. The Bertz CT molecular complexity index is 436. The van der Waals surface area contributed by atoms with E-state index in [0.717, 1.165) is 36.5 Å². The molecule has 1 heterocycles. The maximum Gasteiger partial charge on any atom is 0.336 e. The smallest absolute Gasteiger partial charge is 0.336 e. The molecule has 0 radical (unpaired) electrons. The monoisotopic (exact) mass is 283 g/mol. The van der Waals surface area contributed by atoms with Crippen LogP contribution in [0.15, 0.2) is 11.4 Å². The molecule has 0 bridgehead atoms. The van der Waals surface area contributed by atoms with Crippen LogP contribution in [0.3, 0.4) is 0 Å². The van der Waals surface area contributed by atoms with Gasteiger partial charge in [0.05, 0.1) is 12.2 Å². The van der Waals surface area contributed by atoms with Crippen molar-refractivity contribution in [2.45, 2.75) is 44.7 Å². The van der Waals surface area contributed by atoms with Crippen molar-refractivity contribution in [1.82, 2.24) is 5.32 Å². The first-order valence-corrected chi connectivity index (χ1v) is 7.59. The molecule has 0 saturated heterocycles. The van der Waals surface area contributed by atoms with Gasteiger partial charge in [-0.3, -0.25) is 0 Å². The van der Waals surface area contributed by atoms with Crippen molar-refractivity contribution in [3.8, 4) is 0 Å². The molecule has 1 fully saturated rings. The Hall–Kier alpha value is -0.910. The largest absolute Gasteiger partial charge is 0.478 e. The van der Waals surface area contributed by atoms with E-state index in [0.29, 0.717) is 12.1 Å². The van der Waals surface area contributed by atoms with E-state index in [1.54, 1.807) is 11.4 Å². The summed E-state index contributed by atoms with van der Waals surface area (Å²) in [6.45, 7) is 3.03. The zero-order chi connectivity index (χ0) is 13.9. The number of thiophene rings is 1. The summed E-state index contributed by atoms with van der Waals surface area (Å²) < 4.78 is 0. The van der Waals surface area contributed by atoms with E-state index in [4.69, 9.17) is 5.11 Å². The Kier molecular flexibility index (Phi) is 4.60. The maximum absolute atomic E-state index is 10.8. The van der Waals surface area contributed by atoms with Gasteiger partial charge in [-0.25, -0.2) is 4.79 Å². The Labute approximate surface area is 117 Å². The van der Waals surface area contributed by atoms with Gasteiger partial charge in [0.2, 0.25) is 0 Å². The molecule has 1 aromatic heterocycles. The SMILES string of the molecule is CC1CCC(CO)(NCc2cc(C(=O)O)cs2)CC1. The highest BCUT2D eigenvalue weighted by atomic mass is 32.1. The lowest BCUT2D eigenvalue weighted by Crippen LogP contribution is -2.50. The number of aromatic carboxylic acids is 1. The van der Waals surface area contributed by atoms with Crippen LogP contribution in [0.1, 0.15) is 47.8 Å². The lowest BCUT2D eigenvalue weighted by Gasteiger charge is -2.39. The summed E-state index contributed by atoms with van der Waals surface area (Å²) in [4.78, 5) is 11.8. The van der Waals surface area contributed by atoms with Crippen LogP contribution in [0.2, 0.25) is 0 Å². The molecule has 19 heavy (non-hydrogen) atoms. The van der Waals surface area contributed by atoms with Crippen LogP contribution in [0.4, 0.5) is 0 Å². The highest BCUT2D eigenvalue weighted by molar-refractivity contribution is 7.10. The first kappa shape index (κ1) is 14.5. The van der Waals surface area contributed by atoms with E-state index >= 15 is 0 Å². The maximum atomic E-state index is 10.8. The highest BCUT2D eigenvalue weighted by Crippen LogP contribution is 2.32. The molecule has 0 unspecified atom stereocenters. The lowest BCUT2D eigenvalue weighted by atomic mass is 9.77. The van der Waals surface area contributed by atoms with Gasteiger partial charge in [0, 0.05) is 22.3 Å². The van der Waals surface area contributed by atoms with Gasteiger partial charge in [0.1, 0.15) is 0 Å². The minimum atomic E-state index is -0.883. The summed E-state index contributed by atoms with van der Waals surface area (Å²) in [5.74, 6) is -0.146. The van der Waals surface area contributed by atoms with Gasteiger partial charge >= 0.3 is 5.97 Å². The summed E-state index contributed by atoms with van der Waals surface area (Å²) >= 11 is 1.45. The van der Waals surface area contributed by atoms with Gasteiger partial charge in [-0.1, -0.05) is 6.92 Å². The molecule has 1 saturated carbocycles. The average molecular weight is 283 g/mol. The van der Waals surface area contributed by atoms with Gasteiger partial charge in [-0.2, -0.15) is 0 Å². The van der Waals surface area contributed by atoms with Crippen LogP contribution in [-0.2, 0) is 6.54 Å². The van der Waals surface area contributed by atoms with Crippen molar-refractivity contribution in [2.24, 2.45) is 5.92 Å². The van der Waals surface area contributed by atoms with E-state index in [-0.39, 0.29) is 12.1 Å². The molecule has 1 aromatic rings. The number of carboxylic acid groups (broad SMARTS) is 1. The standard InChI is InChI=1S/C14H21NO3S/c1-10-2-4-14(9-16,5-3-10)15-7-12-6-11(8-19-12)13(17)18/h6,8,10,15-16H,2-5,7,9H2,1H3,(H,17,18). The molecule has 0 amide bonds. The molecule has 0 spiro atoms. The van der Waals surface area contributed by atoms with E-state index < -0.39 is 5.97 Å². The molecule has 4 nitrogen and oxygen atoms in total. The minimum Gasteiger partial charge on any atom is -0.478 e. The van der Waals surface area contributed by atoms with Gasteiger partial charge in [-0.05, 0) is 37.7 Å². The van der Waals surface area contributed by atoms with Crippen molar-refractivity contribution < 1.29 is 15.0 Å². The number of aliphatic hydroxyl groups is 1. The van der Waals surface area contributed by atoms with Gasteiger partial charge in [0.15, 0.2) is 0 Å². The highest BCUT2D eigenvalue weighted by Gasteiger charge is 2.33. The number of hydrogen-bond acceptors (Lipinski definition) is 4. The quantitative estimate of drug-likeness (QED) is 0.776. The number of hydrogen-bond donors (Lipinski definition) is 3. The second-order valence-corrected chi connectivity index (χ2v) is 6.58. The van der Waals surface area contributed by atoms with Crippen LogP contribution < -0.4 is 5.32 Å². The molecule has 0 aliphatic heterocycles. The fourth-order valence-corrected chi connectivity index (χ4v) is 3.36. The predicted molar refractivity (Wildman–Crippen MR) is 75.6 cm³/mol. The Morgan fingerprint density at radius 3 is 2.74 bits per heavy atom. The first-order chi connectivity index (χ1) is 9.04. The third-order valence-corrected chi connectivity index (χ3v) is 5.01. The molecular formula is C14H21NO3S. The number of rotatable bonds is 5. The molecule has 5 heteroatoms. The number of carboxylic acids is 1. The van der Waals surface area contributed by atoms with E-state index in [1.807, 2.05) is 0 Å². The van der Waals surface area contributed by atoms with Crippen molar-refractivity contribution >= 4 is 17.3 Å². The molecule has 3 N–H and O–H groups in total. The van der Waals surface area contributed by atoms with Gasteiger partial charge in [-0.15, -0.1) is 11.3 Å². The third kappa shape index (κ3) is 3.55. The predicted octanol–water partition coefficient (Wildman–Crippen LogP) is 2.48. The number of aliphatic hydroxyl groups excluding tert-OH is 1. The zero-order valence-electron chi connectivity index (χ0n) is 11.2. The van der Waals surface area contributed by atoms with Crippen molar-refractivity contribution in [2.75, 3.05) is 6.61 Å². The molecule has 2 rings (SSSR count). The van der Waals surface area contributed by atoms with Gasteiger partial charge in [0.25, 0.3) is 0 Å². The Balaban J connectivity index is 1.93. The normalized spacial score (nSPS) is 27.4. The number of nitrogens with one attached hydrogen (secondary N) is 1. The fourth-order valence-electron chi connectivity index (χ4n) is 2.57. The third-order valence-electron chi connectivity index (χ3n) is 4.07. The van der Waals surface area contributed by atoms with Gasteiger partial charge < -0.3 is 15.5 Å². The van der Waals surface area contributed by atoms with Crippen molar-refractivity contribution in [3.05, 3.63) is 21.9 Å². The Morgan fingerprint density at radius 1 is 1.53 bits per heavy atom. The second-order valence-electron chi connectivity index (χ2n) is 5.58. The second kappa shape index (κ2) is 6.03. The van der Waals surface area contributed by atoms with E-state index in [9.17, 15) is 9.90 Å².